The van der Waals surface area contributed by atoms with Gasteiger partial charge in [0, 0.05) is 27.9 Å². The number of hydrogen-bond donors (Lipinski definition) is 2. The van der Waals surface area contributed by atoms with E-state index in [0.717, 1.165) is 23.9 Å². The first kappa shape index (κ1) is 21.1. The number of benzene rings is 2. The molecule has 2 aromatic carbocycles. The van der Waals surface area contributed by atoms with E-state index in [4.69, 9.17) is 27.9 Å². The molecule has 152 valence electrons. The number of esters is 1. The average Bonchev–Trinajstić information content (AvgIpc) is 3.14. The molecule has 3 aromatic rings. The number of halogens is 2. The van der Waals surface area contributed by atoms with E-state index in [0.29, 0.717) is 22.0 Å². The van der Waals surface area contributed by atoms with Gasteiger partial charge in [-0.1, -0.05) is 60.8 Å². The van der Waals surface area contributed by atoms with Crippen molar-refractivity contribution in [1.29, 1.82) is 0 Å². The van der Waals surface area contributed by atoms with Crippen LogP contribution in [0, 0.1) is 0 Å². The van der Waals surface area contributed by atoms with Crippen molar-refractivity contribution in [3.63, 3.8) is 0 Å². The summed E-state index contributed by atoms with van der Waals surface area (Å²) in [5.41, 5.74) is 1.81. The standard InChI is InChI=1S/C21H21Cl2N3O3/c1-2-5-13(15-9-8-14(22)10-17(15)23)11-24-19(27)12-29-21(28)20-16-6-3-4-7-18(16)25-26-20/h3-4,6-10,13H,2,5,11-12H2,1H3,(H,24,27)(H,25,26)/t13-/m0/s1. The minimum absolute atomic E-state index is 0.0414. The summed E-state index contributed by atoms with van der Waals surface area (Å²) in [6.07, 6.45) is 1.78. The highest BCUT2D eigenvalue weighted by Gasteiger charge is 2.18. The van der Waals surface area contributed by atoms with E-state index in [1.165, 1.54) is 0 Å². The Morgan fingerprint density at radius 2 is 2.00 bits per heavy atom. The largest absolute Gasteiger partial charge is 0.451 e. The van der Waals surface area contributed by atoms with Crippen LogP contribution in [0.25, 0.3) is 10.9 Å². The fourth-order valence-electron chi connectivity index (χ4n) is 3.16. The number of nitrogens with zero attached hydrogens (tertiary/aromatic N) is 1. The Hall–Kier alpha value is -2.57. The molecule has 0 aliphatic carbocycles. The van der Waals surface area contributed by atoms with E-state index in [1.54, 1.807) is 24.3 Å². The fraction of sp³-hybridized carbons (Fsp3) is 0.286. The van der Waals surface area contributed by atoms with Crippen LogP contribution in [0.5, 0.6) is 0 Å². The third kappa shape index (κ3) is 5.28. The number of hydrogen-bond acceptors (Lipinski definition) is 4. The predicted octanol–water partition coefficient (Wildman–Crippen LogP) is 4.73. The number of nitrogens with one attached hydrogen (secondary N) is 2. The van der Waals surface area contributed by atoms with Gasteiger partial charge in [0.25, 0.3) is 5.91 Å². The second-order valence-corrected chi connectivity index (χ2v) is 7.49. The Morgan fingerprint density at radius 3 is 2.76 bits per heavy atom. The maximum Gasteiger partial charge on any atom is 0.359 e. The van der Waals surface area contributed by atoms with Crippen molar-refractivity contribution in [2.45, 2.75) is 25.7 Å². The zero-order valence-electron chi connectivity index (χ0n) is 15.9. The highest BCUT2D eigenvalue weighted by molar-refractivity contribution is 6.35. The van der Waals surface area contributed by atoms with Crippen LogP contribution >= 0.6 is 23.2 Å². The van der Waals surface area contributed by atoms with Crippen LogP contribution < -0.4 is 5.32 Å². The molecular formula is C21H21Cl2N3O3. The van der Waals surface area contributed by atoms with Crippen molar-refractivity contribution in [2.75, 3.05) is 13.2 Å². The molecule has 0 aliphatic rings. The summed E-state index contributed by atoms with van der Waals surface area (Å²) >= 11 is 12.3. The molecule has 1 heterocycles. The molecule has 1 aromatic heterocycles. The van der Waals surface area contributed by atoms with E-state index in [-0.39, 0.29) is 24.1 Å². The molecule has 0 saturated carbocycles. The lowest BCUT2D eigenvalue weighted by molar-refractivity contribution is -0.124. The molecule has 1 atom stereocenters. The molecule has 0 spiro atoms. The molecule has 29 heavy (non-hydrogen) atoms. The monoisotopic (exact) mass is 433 g/mol. The third-order valence-electron chi connectivity index (χ3n) is 4.58. The van der Waals surface area contributed by atoms with Gasteiger partial charge in [-0.05, 0) is 30.2 Å². The van der Waals surface area contributed by atoms with Gasteiger partial charge < -0.3 is 10.1 Å². The molecule has 2 N–H and O–H groups in total. The molecule has 0 saturated heterocycles. The molecular weight excluding hydrogens is 413 g/mol. The Bertz CT molecular complexity index is 1020. The van der Waals surface area contributed by atoms with Gasteiger partial charge in [-0.2, -0.15) is 5.10 Å². The summed E-state index contributed by atoms with van der Waals surface area (Å²) < 4.78 is 5.12. The Balaban J connectivity index is 1.56. The van der Waals surface area contributed by atoms with Crippen molar-refractivity contribution < 1.29 is 14.3 Å². The molecule has 0 bridgehead atoms. The van der Waals surface area contributed by atoms with E-state index >= 15 is 0 Å². The number of amides is 1. The topological polar surface area (TPSA) is 84.1 Å². The van der Waals surface area contributed by atoms with Crippen LogP contribution in [0.15, 0.2) is 42.5 Å². The van der Waals surface area contributed by atoms with Gasteiger partial charge in [0.1, 0.15) is 0 Å². The van der Waals surface area contributed by atoms with Gasteiger partial charge in [0.05, 0.1) is 5.52 Å². The summed E-state index contributed by atoms with van der Waals surface area (Å²) in [7, 11) is 0. The molecule has 0 aliphatic heterocycles. The number of carbonyl (C=O) groups excluding carboxylic acids is 2. The first-order valence-electron chi connectivity index (χ1n) is 9.31. The van der Waals surface area contributed by atoms with Crippen molar-refractivity contribution in [3.05, 3.63) is 63.8 Å². The SMILES string of the molecule is CCC[C@@H](CNC(=O)COC(=O)c1n[nH]c2ccccc12)c1ccc(Cl)cc1Cl. The predicted molar refractivity (Wildman–Crippen MR) is 113 cm³/mol. The summed E-state index contributed by atoms with van der Waals surface area (Å²) in [6, 6.07) is 12.6. The van der Waals surface area contributed by atoms with Crippen LogP contribution in [0.2, 0.25) is 10.0 Å². The highest BCUT2D eigenvalue weighted by atomic mass is 35.5. The van der Waals surface area contributed by atoms with Crippen molar-refractivity contribution in [1.82, 2.24) is 15.5 Å². The third-order valence-corrected chi connectivity index (χ3v) is 5.15. The van der Waals surface area contributed by atoms with Crippen LogP contribution in [-0.2, 0) is 9.53 Å². The first-order chi connectivity index (χ1) is 14.0. The van der Waals surface area contributed by atoms with Gasteiger partial charge in [0.2, 0.25) is 0 Å². The molecule has 0 fully saturated rings. The molecule has 0 radical (unpaired) electrons. The number of carbonyl (C=O) groups is 2. The Labute approximate surface area is 178 Å². The number of aromatic amines is 1. The zero-order valence-corrected chi connectivity index (χ0v) is 17.4. The normalized spacial score (nSPS) is 12.0. The number of fused-ring (bicyclic) bond motifs is 1. The first-order valence-corrected chi connectivity index (χ1v) is 10.1. The van der Waals surface area contributed by atoms with E-state index in [2.05, 4.69) is 22.4 Å². The highest BCUT2D eigenvalue weighted by Crippen LogP contribution is 2.30. The minimum atomic E-state index is -0.650. The molecule has 0 unspecified atom stereocenters. The quantitative estimate of drug-likeness (QED) is 0.503. The molecule has 1 amide bonds. The summed E-state index contributed by atoms with van der Waals surface area (Å²) in [5.74, 6) is -0.993. The van der Waals surface area contributed by atoms with E-state index in [9.17, 15) is 9.59 Å². The van der Waals surface area contributed by atoms with Crippen LogP contribution in [-0.4, -0.2) is 35.2 Å². The van der Waals surface area contributed by atoms with Gasteiger partial charge in [-0.25, -0.2) is 4.79 Å². The maximum atomic E-state index is 12.2. The number of H-pyrrole nitrogens is 1. The lowest BCUT2D eigenvalue weighted by Crippen LogP contribution is -2.32. The molecule has 3 rings (SSSR count). The lowest BCUT2D eigenvalue weighted by atomic mass is 9.94. The summed E-state index contributed by atoms with van der Waals surface area (Å²) in [4.78, 5) is 24.4. The van der Waals surface area contributed by atoms with Crippen molar-refractivity contribution >= 4 is 46.0 Å². The number of para-hydroxylation sites is 1. The Kier molecular flexibility index (Phi) is 7.12. The van der Waals surface area contributed by atoms with Gasteiger partial charge in [-0.15, -0.1) is 0 Å². The average molecular weight is 434 g/mol. The molecule has 8 heteroatoms. The number of aromatic nitrogens is 2. The van der Waals surface area contributed by atoms with Gasteiger partial charge in [0.15, 0.2) is 12.3 Å². The van der Waals surface area contributed by atoms with Crippen molar-refractivity contribution in [2.24, 2.45) is 0 Å². The summed E-state index contributed by atoms with van der Waals surface area (Å²) in [6.45, 7) is 2.07. The van der Waals surface area contributed by atoms with Gasteiger partial charge in [-0.3, -0.25) is 9.89 Å². The maximum absolute atomic E-state index is 12.2. The van der Waals surface area contributed by atoms with Gasteiger partial charge >= 0.3 is 5.97 Å². The van der Waals surface area contributed by atoms with E-state index < -0.39 is 5.97 Å². The van der Waals surface area contributed by atoms with Crippen LogP contribution in [0.1, 0.15) is 41.7 Å². The Morgan fingerprint density at radius 1 is 1.21 bits per heavy atom. The zero-order chi connectivity index (χ0) is 20.8. The van der Waals surface area contributed by atoms with Crippen LogP contribution in [0.4, 0.5) is 0 Å². The van der Waals surface area contributed by atoms with E-state index in [1.807, 2.05) is 18.2 Å². The fourth-order valence-corrected chi connectivity index (χ4v) is 3.72. The number of ether oxygens (including phenoxy) is 1. The van der Waals surface area contributed by atoms with Crippen LogP contribution in [0.3, 0.4) is 0 Å². The molecule has 6 nitrogen and oxygen atoms in total. The summed E-state index contributed by atoms with van der Waals surface area (Å²) in [5, 5.41) is 11.3. The second-order valence-electron chi connectivity index (χ2n) is 6.65. The lowest BCUT2D eigenvalue weighted by Gasteiger charge is -2.19. The minimum Gasteiger partial charge on any atom is -0.451 e. The van der Waals surface area contributed by atoms with Crippen molar-refractivity contribution in [3.8, 4) is 0 Å². The number of rotatable bonds is 8. The second kappa shape index (κ2) is 9.76. The smallest absolute Gasteiger partial charge is 0.359 e.